The third kappa shape index (κ3) is 5.57. The first-order chi connectivity index (χ1) is 15.7. The molecule has 2 aromatic carbocycles. The molecule has 0 aliphatic heterocycles. The number of aliphatic hydroxyl groups is 1. The fraction of sp³-hybridized carbons (Fsp3) is 0.346. The van der Waals surface area contributed by atoms with Crippen LogP contribution < -0.4 is 4.74 Å². The Balaban J connectivity index is 1.63. The highest BCUT2D eigenvalue weighted by molar-refractivity contribution is 5.65. The van der Waals surface area contributed by atoms with E-state index in [1.165, 1.54) is 0 Å². The average Bonchev–Trinajstić information content (AvgIpc) is 3.62. The van der Waals surface area contributed by atoms with Crippen molar-refractivity contribution in [3.8, 4) is 35.2 Å². The zero-order chi connectivity index (χ0) is 22.3. The minimum absolute atomic E-state index is 0.205. The van der Waals surface area contributed by atoms with E-state index in [2.05, 4.69) is 23.0 Å². The summed E-state index contributed by atoms with van der Waals surface area (Å²) >= 11 is 0. The molecule has 6 heteroatoms. The van der Waals surface area contributed by atoms with Crippen molar-refractivity contribution >= 4 is 0 Å². The Morgan fingerprint density at radius 3 is 2.50 bits per heavy atom. The van der Waals surface area contributed by atoms with Gasteiger partial charge in [0.05, 0.1) is 18.3 Å². The van der Waals surface area contributed by atoms with Gasteiger partial charge in [0.25, 0.3) is 0 Å². The van der Waals surface area contributed by atoms with E-state index >= 15 is 0 Å². The lowest BCUT2D eigenvalue weighted by Gasteiger charge is -2.25. The average molecular weight is 432 g/mol. The maximum Gasteiger partial charge on any atom is 0.222 e. The number of rotatable bonds is 11. The van der Waals surface area contributed by atoms with Gasteiger partial charge in [-0.3, -0.25) is 4.90 Å². The van der Waals surface area contributed by atoms with E-state index in [9.17, 15) is 5.11 Å². The van der Waals surface area contributed by atoms with E-state index in [1.807, 2.05) is 55.6 Å². The number of benzene rings is 2. The number of terminal acetylenes is 1. The number of aromatic nitrogens is 2. The third-order valence-corrected chi connectivity index (χ3v) is 5.46. The van der Waals surface area contributed by atoms with Crippen LogP contribution in [0.5, 0.6) is 11.6 Å². The summed E-state index contributed by atoms with van der Waals surface area (Å²) in [5.41, 5.74) is 2.93. The Morgan fingerprint density at radius 2 is 1.84 bits per heavy atom. The lowest BCUT2D eigenvalue weighted by Crippen LogP contribution is -2.36. The number of nitrogens with zero attached hydrogens (tertiary/aromatic N) is 3. The number of ether oxygens (including phenoxy) is 2. The summed E-state index contributed by atoms with van der Waals surface area (Å²) in [7, 11) is 1.90. The van der Waals surface area contributed by atoms with E-state index in [4.69, 9.17) is 21.0 Å². The molecule has 166 valence electrons. The van der Waals surface area contributed by atoms with E-state index in [0.29, 0.717) is 25.0 Å². The molecule has 0 saturated heterocycles. The quantitative estimate of drug-likeness (QED) is 0.369. The molecule has 0 amide bonds. The van der Waals surface area contributed by atoms with Gasteiger partial charge in [0.1, 0.15) is 18.1 Å². The minimum Gasteiger partial charge on any atom is -0.439 e. The van der Waals surface area contributed by atoms with Crippen LogP contribution in [0.2, 0.25) is 0 Å². The molecule has 0 radical (unpaired) electrons. The van der Waals surface area contributed by atoms with E-state index < -0.39 is 6.10 Å². The van der Waals surface area contributed by atoms with Gasteiger partial charge in [0, 0.05) is 31.7 Å². The monoisotopic (exact) mass is 431 g/mol. The van der Waals surface area contributed by atoms with E-state index in [1.54, 1.807) is 4.68 Å². The molecule has 1 aliphatic carbocycles. The molecule has 0 unspecified atom stereocenters. The highest BCUT2D eigenvalue weighted by atomic mass is 16.5. The number of hydrogen-bond donors (Lipinski definition) is 1. The fourth-order valence-corrected chi connectivity index (χ4v) is 3.81. The molecule has 1 aliphatic rings. The Morgan fingerprint density at radius 1 is 1.16 bits per heavy atom. The molecule has 0 bridgehead atoms. The summed E-state index contributed by atoms with van der Waals surface area (Å²) < 4.78 is 13.4. The molecule has 0 spiro atoms. The zero-order valence-electron chi connectivity index (χ0n) is 18.4. The molecular weight excluding hydrogens is 402 g/mol. The molecular formula is C26H29N3O3. The number of para-hydroxylation sites is 1. The number of aryl methyl sites for hydroxylation is 1. The first kappa shape index (κ1) is 22.1. The van der Waals surface area contributed by atoms with Crippen molar-refractivity contribution in [1.82, 2.24) is 14.7 Å². The molecule has 6 nitrogen and oxygen atoms in total. The van der Waals surface area contributed by atoms with Crippen LogP contribution in [0, 0.1) is 12.3 Å². The van der Waals surface area contributed by atoms with Crippen molar-refractivity contribution in [3.63, 3.8) is 0 Å². The highest BCUT2D eigenvalue weighted by Crippen LogP contribution is 2.37. The maximum atomic E-state index is 10.5. The minimum atomic E-state index is -0.612. The molecule has 1 heterocycles. The first-order valence-electron chi connectivity index (χ1n) is 10.9. The van der Waals surface area contributed by atoms with Crippen molar-refractivity contribution in [2.45, 2.75) is 31.5 Å². The molecule has 4 rings (SSSR count). The van der Waals surface area contributed by atoms with Crippen LogP contribution in [0.1, 0.15) is 18.4 Å². The molecule has 1 N–H and O–H groups in total. The maximum absolute atomic E-state index is 10.5. The summed E-state index contributed by atoms with van der Waals surface area (Å²) in [5, 5.41) is 15.3. The van der Waals surface area contributed by atoms with Crippen LogP contribution in [-0.4, -0.2) is 51.7 Å². The van der Waals surface area contributed by atoms with Gasteiger partial charge >= 0.3 is 0 Å². The smallest absolute Gasteiger partial charge is 0.222 e. The van der Waals surface area contributed by atoms with Gasteiger partial charge in [-0.05, 0) is 25.0 Å². The summed E-state index contributed by atoms with van der Waals surface area (Å²) in [6.07, 6.45) is 6.87. The second-order valence-electron chi connectivity index (χ2n) is 8.07. The first-order valence-corrected chi connectivity index (χ1v) is 10.9. The van der Waals surface area contributed by atoms with Crippen LogP contribution in [0.25, 0.3) is 11.3 Å². The normalized spacial score (nSPS) is 14.3. The highest BCUT2D eigenvalue weighted by Gasteiger charge is 2.33. The molecule has 1 aromatic heterocycles. The number of hydrogen-bond acceptors (Lipinski definition) is 5. The van der Waals surface area contributed by atoms with Crippen LogP contribution in [-0.2, 0) is 18.3 Å². The Hall–Kier alpha value is -3.11. The summed E-state index contributed by atoms with van der Waals surface area (Å²) in [6, 6.07) is 20.3. The SMILES string of the molecule is C#CCOC[C@@H](O)CN(Cc1c(-c2ccccc2)nn(C)c1Oc1ccccc1)C1CC1. The van der Waals surface area contributed by atoms with Crippen LogP contribution in [0.15, 0.2) is 60.7 Å². The predicted octanol–water partition coefficient (Wildman–Crippen LogP) is 3.85. The Bertz CT molecular complexity index is 1040. The number of aliphatic hydroxyl groups excluding tert-OH is 1. The third-order valence-electron chi connectivity index (χ3n) is 5.46. The van der Waals surface area contributed by atoms with Crippen molar-refractivity contribution in [3.05, 3.63) is 66.2 Å². The van der Waals surface area contributed by atoms with E-state index in [-0.39, 0.29) is 13.2 Å². The molecule has 32 heavy (non-hydrogen) atoms. The summed E-state index contributed by atoms with van der Waals surface area (Å²) in [5.74, 6) is 3.90. The Kier molecular flexibility index (Phi) is 7.23. The van der Waals surface area contributed by atoms with Crippen molar-refractivity contribution in [1.29, 1.82) is 0 Å². The van der Waals surface area contributed by atoms with Crippen molar-refractivity contribution < 1.29 is 14.6 Å². The summed E-state index contributed by atoms with van der Waals surface area (Å²) in [4.78, 5) is 2.30. The van der Waals surface area contributed by atoms with Crippen LogP contribution in [0.4, 0.5) is 0 Å². The van der Waals surface area contributed by atoms with Gasteiger partial charge in [-0.2, -0.15) is 5.10 Å². The van der Waals surface area contributed by atoms with Gasteiger partial charge in [0.2, 0.25) is 5.88 Å². The van der Waals surface area contributed by atoms with Crippen molar-refractivity contribution in [2.75, 3.05) is 19.8 Å². The fourth-order valence-electron chi connectivity index (χ4n) is 3.81. The standard InChI is InChI=1S/C26H29N3O3/c1-3-16-31-19-22(30)17-29(21-14-15-21)18-24-25(20-10-6-4-7-11-20)27-28(2)26(24)32-23-12-8-5-9-13-23/h1,4-13,21-22,30H,14-19H2,2H3/t22-/m0/s1. The molecule has 1 saturated carbocycles. The molecule has 1 atom stereocenters. The summed E-state index contributed by atoms with van der Waals surface area (Å²) in [6.45, 7) is 1.55. The second kappa shape index (κ2) is 10.5. The predicted molar refractivity (Wildman–Crippen MR) is 124 cm³/mol. The van der Waals surface area contributed by atoms with Gasteiger partial charge in [-0.15, -0.1) is 6.42 Å². The van der Waals surface area contributed by atoms with Gasteiger partial charge in [-0.1, -0.05) is 54.5 Å². The Labute approximate surface area is 189 Å². The second-order valence-corrected chi connectivity index (χ2v) is 8.07. The van der Waals surface area contributed by atoms with E-state index in [0.717, 1.165) is 35.4 Å². The lowest BCUT2D eigenvalue weighted by atomic mass is 10.1. The largest absolute Gasteiger partial charge is 0.439 e. The molecule has 3 aromatic rings. The van der Waals surface area contributed by atoms with Gasteiger partial charge in [0.15, 0.2) is 0 Å². The van der Waals surface area contributed by atoms with Crippen LogP contribution in [0.3, 0.4) is 0 Å². The van der Waals surface area contributed by atoms with Gasteiger partial charge < -0.3 is 14.6 Å². The topological polar surface area (TPSA) is 59.8 Å². The molecule has 1 fully saturated rings. The van der Waals surface area contributed by atoms with Gasteiger partial charge in [-0.25, -0.2) is 4.68 Å². The van der Waals surface area contributed by atoms with Crippen LogP contribution >= 0.6 is 0 Å². The lowest BCUT2D eigenvalue weighted by molar-refractivity contribution is 0.0241. The zero-order valence-corrected chi connectivity index (χ0v) is 18.4. The van der Waals surface area contributed by atoms with Crippen molar-refractivity contribution in [2.24, 2.45) is 7.05 Å².